The number of cyclic esters (lactones) is 1. The van der Waals surface area contributed by atoms with Gasteiger partial charge in [-0.3, -0.25) is 9.59 Å². The van der Waals surface area contributed by atoms with Crippen LogP contribution in [0.3, 0.4) is 0 Å². The number of hydrogen-bond donors (Lipinski definition) is 0. The first kappa shape index (κ1) is 14.9. The fourth-order valence-electron chi connectivity index (χ4n) is 2.26. The summed E-state index contributed by atoms with van der Waals surface area (Å²) in [5.74, 6) is -0.619. The number of amides is 1. The number of carbonyl (C=O) groups excluding carboxylic acids is 2. The maximum Gasteiger partial charge on any atom is 0.310 e. The number of carbonyl (C=O) groups is 2. The van der Waals surface area contributed by atoms with Gasteiger partial charge in [0.1, 0.15) is 5.38 Å². The zero-order chi connectivity index (χ0) is 14.5. The van der Waals surface area contributed by atoms with Gasteiger partial charge in [-0.05, 0) is 18.9 Å². The van der Waals surface area contributed by atoms with Gasteiger partial charge in [-0.1, -0.05) is 30.3 Å². The molecule has 0 aliphatic carbocycles. The largest absolute Gasteiger partial charge is 0.465 e. The lowest BCUT2D eigenvalue weighted by Crippen LogP contribution is -2.39. The summed E-state index contributed by atoms with van der Waals surface area (Å²) in [6.07, 6.45) is 0.661. The smallest absolute Gasteiger partial charge is 0.310 e. The number of rotatable bonds is 5. The van der Waals surface area contributed by atoms with Crippen LogP contribution in [0, 0.1) is 5.92 Å². The molecule has 1 fully saturated rings. The van der Waals surface area contributed by atoms with Crippen LogP contribution in [0.1, 0.15) is 18.9 Å². The van der Waals surface area contributed by atoms with Gasteiger partial charge in [0.2, 0.25) is 5.91 Å². The number of esters is 1. The molecule has 4 nitrogen and oxygen atoms in total. The standard InChI is InChI=1S/C15H18ClNO3/c1-11(16)14(18)17(9-12-5-3-2-4-6-12)10-13-7-8-20-15(13)19/h2-6,11,13H,7-10H2,1H3. The van der Waals surface area contributed by atoms with E-state index in [0.29, 0.717) is 26.1 Å². The van der Waals surface area contributed by atoms with Crippen molar-refractivity contribution in [1.29, 1.82) is 0 Å². The van der Waals surface area contributed by atoms with Crippen molar-refractivity contribution >= 4 is 23.5 Å². The topological polar surface area (TPSA) is 46.6 Å². The van der Waals surface area contributed by atoms with Gasteiger partial charge in [0.15, 0.2) is 0 Å². The van der Waals surface area contributed by atoms with E-state index in [2.05, 4.69) is 0 Å². The third-order valence-electron chi connectivity index (χ3n) is 3.35. The van der Waals surface area contributed by atoms with Gasteiger partial charge >= 0.3 is 5.97 Å². The molecule has 108 valence electrons. The first-order valence-electron chi connectivity index (χ1n) is 6.71. The van der Waals surface area contributed by atoms with Crippen molar-refractivity contribution in [2.24, 2.45) is 5.92 Å². The van der Waals surface area contributed by atoms with Crippen molar-refractivity contribution in [3.05, 3.63) is 35.9 Å². The minimum absolute atomic E-state index is 0.157. The Morgan fingerprint density at radius 1 is 1.45 bits per heavy atom. The van der Waals surface area contributed by atoms with E-state index in [9.17, 15) is 9.59 Å². The number of nitrogens with zero attached hydrogens (tertiary/aromatic N) is 1. The second-order valence-corrected chi connectivity index (χ2v) is 5.63. The molecule has 20 heavy (non-hydrogen) atoms. The van der Waals surface area contributed by atoms with Crippen LogP contribution in [0.2, 0.25) is 0 Å². The van der Waals surface area contributed by atoms with Crippen LogP contribution in [0.4, 0.5) is 0 Å². The molecule has 2 atom stereocenters. The number of halogens is 1. The molecule has 0 spiro atoms. The van der Waals surface area contributed by atoms with Gasteiger partial charge in [0, 0.05) is 13.1 Å². The quantitative estimate of drug-likeness (QED) is 0.618. The van der Waals surface area contributed by atoms with Crippen LogP contribution in [0.15, 0.2) is 30.3 Å². The molecular weight excluding hydrogens is 278 g/mol. The third-order valence-corrected chi connectivity index (χ3v) is 3.54. The summed E-state index contributed by atoms with van der Waals surface area (Å²) >= 11 is 5.90. The molecule has 0 radical (unpaired) electrons. The Balaban J connectivity index is 2.08. The van der Waals surface area contributed by atoms with E-state index in [0.717, 1.165) is 5.56 Å². The van der Waals surface area contributed by atoms with Crippen LogP contribution in [-0.4, -0.2) is 35.3 Å². The highest BCUT2D eigenvalue weighted by atomic mass is 35.5. The maximum absolute atomic E-state index is 12.2. The lowest BCUT2D eigenvalue weighted by Gasteiger charge is -2.25. The average molecular weight is 296 g/mol. The van der Waals surface area contributed by atoms with Gasteiger partial charge in [-0.15, -0.1) is 11.6 Å². The van der Waals surface area contributed by atoms with Crippen LogP contribution >= 0.6 is 11.6 Å². The van der Waals surface area contributed by atoms with E-state index >= 15 is 0 Å². The molecule has 2 unspecified atom stereocenters. The van der Waals surface area contributed by atoms with E-state index in [1.807, 2.05) is 30.3 Å². The summed E-state index contributed by atoms with van der Waals surface area (Å²) in [4.78, 5) is 25.4. The van der Waals surface area contributed by atoms with Crippen molar-refractivity contribution in [2.75, 3.05) is 13.2 Å². The molecule has 1 aliphatic heterocycles. The predicted molar refractivity (Wildman–Crippen MR) is 76.2 cm³/mol. The van der Waals surface area contributed by atoms with Gasteiger partial charge in [0.05, 0.1) is 12.5 Å². The maximum atomic E-state index is 12.2. The summed E-state index contributed by atoms with van der Waals surface area (Å²) in [6, 6.07) is 9.67. The molecule has 1 heterocycles. The van der Waals surface area contributed by atoms with Crippen molar-refractivity contribution in [2.45, 2.75) is 25.3 Å². The first-order chi connectivity index (χ1) is 9.58. The van der Waals surface area contributed by atoms with Crippen LogP contribution in [-0.2, 0) is 20.9 Å². The molecule has 1 aromatic carbocycles. The lowest BCUT2D eigenvalue weighted by atomic mass is 10.1. The Bertz CT molecular complexity index is 475. The third kappa shape index (κ3) is 3.73. The monoisotopic (exact) mass is 295 g/mol. The molecule has 0 aromatic heterocycles. The molecule has 5 heteroatoms. The Kier molecular flexibility index (Phi) is 5.01. The van der Waals surface area contributed by atoms with Crippen LogP contribution in [0.25, 0.3) is 0 Å². The molecule has 0 saturated carbocycles. The summed E-state index contributed by atoms with van der Waals surface area (Å²) in [6.45, 7) is 2.91. The highest BCUT2D eigenvalue weighted by Crippen LogP contribution is 2.18. The molecule has 0 bridgehead atoms. The fraction of sp³-hybridized carbons (Fsp3) is 0.467. The molecule has 1 aromatic rings. The highest BCUT2D eigenvalue weighted by molar-refractivity contribution is 6.30. The molecule has 1 amide bonds. The number of alkyl halides is 1. The Morgan fingerprint density at radius 3 is 2.70 bits per heavy atom. The molecule has 1 saturated heterocycles. The molecular formula is C15H18ClNO3. The number of ether oxygens (including phenoxy) is 1. The Labute approximate surface area is 123 Å². The molecule has 0 N–H and O–H groups in total. The summed E-state index contributed by atoms with van der Waals surface area (Å²) in [7, 11) is 0. The zero-order valence-electron chi connectivity index (χ0n) is 11.4. The predicted octanol–water partition coefficient (Wildman–Crippen LogP) is 2.21. The Morgan fingerprint density at radius 2 is 2.15 bits per heavy atom. The highest BCUT2D eigenvalue weighted by Gasteiger charge is 2.31. The van der Waals surface area contributed by atoms with E-state index in [-0.39, 0.29) is 17.8 Å². The van der Waals surface area contributed by atoms with Crippen molar-refractivity contribution in [3.63, 3.8) is 0 Å². The van der Waals surface area contributed by atoms with Gasteiger partial charge in [-0.2, -0.15) is 0 Å². The molecule has 1 aliphatic rings. The normalized spacial score (nSPS) is 19.5. The minimum atomic E-state index is -0.601. The second kappa shape index (κ2) is 6.75. The van der Waals surface area contributed by atoms with E-state index < -0.39 is 5.38 Å². The molecule has 2 rings (SSSR count). The van der Waals surface area contributed by atoms with Crippen LogP contribution < -0.4 is 0 Å². The summed E-state index contributed by atoms with van der Waals surface area (Å²) in [5.41, 5.74) is 1.02. The second-order valence-electron chi connectivity index (χ2n) is 4.97. The van der Waals surface area contributed by atoms with Gasteiger partial charge < -0.3 is 9.64 Å². The fourth-order valence-corrected chi connectivity index (χ4v) is 2.40. The van der Waals surface area contributed by atoms with E-state index in [4.69, 9.17) is 16.3 Å². The van der Waals surface area contributed by atoms with Crippen molar-refractivity contribution in [1.82, 2.24) is 4.90 Å². The minimum Gasteiger partial charge on any atom is -0.465 e. The summed E-state index contributed by atoms with van der Waals surface area (Å²) in [5, 5.41) is -0.601. The van der Waals surface area contributed by atoms with Gasteiger partial charge in [0.25, 0.3) is 0 Å². The number of benzene rings is 1. The van der Waals surface area contributed by atoms with Crippen molar-refractivity contribution in [3.8, 4) is 0 Å². The van der Waals surface area contributed by atoms with E-state index in [1.165, 1.54) is 0 Å². The number of hydrogen-bond acceptors (Lipinski definition) is 3. The zero-order valence-corrected chi connectivity index (χ0v) is 12.2. The Hall–Kier alpha value is -1.55. The first-order valence-corrected chi connectivity index (χ1v) is 7.15. The van der Waals surface area contributed by atoms with Gasteiger partial charge in [-0.25, -0.2) is 0 Å². The lowest BCUT2D eigenvalue weighted by molar-refractivity contribution is -0.142. The average Bonchev–Trinajstić information content (AvgIpc) is 2.84. The SMILES string of the molecule is CC(Cl)C(=O)N(Cc1ccccc1)CC1CCOC1=O. The van der Waals surface area contributed by atoms with Crippen molar-refractivity contribution < 1.29 is 14.3 Å². The summed E-state index contributed by atoms with van der Waals surface area (Å²) < 4.78 is 4.95. The van der Waals surface area contributed by atoms with E-state index in [1.54, 1.807) is 11.8 Å². The van der Waals surface area contributed by atoms with Crippen LogP contribution in [0.5, 0.6) is 0 Å².